The molecule has 6 heteroatoms. The molecule has 0 aromatic heterocycles. The van der Waals surface area contributed by atoms with Crippen LogP contribution in [0.25, 0.3) is 0 Å². The number of hydrogen-bond acceptors (Lipinski definition) is 4. The summed E-state index contributed by atoms with van der Waals surface area (Å²) in [4.78, 5) is 24.3. The molecule has 0 aliphatic heterocycles. The molecule has 0 radical (unpaired) electrons. The van der Waals surface area contributed by atoms with Crippen molar-refractivity contribution in [3.8, 4) is 11.5 Å². The zero-order valence-corrected chi connectivity index (χ0v) is 14.6. The van der Waals surface area contributed by atoms with E-state index in [1.54, 1.807) is 49.6 Å². The summed E-state index contributed by atoms with van der Waals surface area (Å²) < 4.78 is 10.4. The SMILES string of the molecule is CCCNC(=O)c1ccc(C(=O)Nc2cc(OC)ccc2OC)cc1. The molecule has 6 nitrogen and oxygen atoms in total. The first kappa shape index (κ1) is 18.3. The summed E-state index contributed by atoms with van der Waals surface area (Å²) >= 11 is 0. The van der Waals surface area contributed by atoms with E-state index < -0.39 is 0 Å². The van der Waals surface area contributed by atoms with Gasteiger partial charge in [-0.2, -0.15) is 0 Å². The molecule has 0 atom stereocenters. The van der Waals surface area contributed by atoms with Crippen LogP contribution < -0.4 is 20.1 Å². The summed E-state index contributed by atoms with van der Waals surface area (Å²) in [5.74, 6) is 0.694. The summed E-state index contributed by atoms with van der Waals surface area (Å²) in [5.41, 5.74) is 1.47. The lowest BCUT2D eigenvalue weighted by atomic mass is 10.1. The highest BCUT2D eigenvalue weighted by Gasteiger charge is 2.12. The van der Waals surface area contributed by atoms with Crippen molar-refractivity contribution in [3.05, 3.63) is 53.6 Å². The molecular weight excluding hydrogens is 320 g/mol. The first-order valence-electron chi connectivity index (χ1n) is 8.00. The minimum Gasteiger partial charge on any atom is -0.497 e. The maximum Gasteiger partial charge on any atom is 0.255 e. The van der Waals surface area contributed by atoms with Crippen molar-refractivity contribution in [1.82, 2.24) is 5.32 Å². The third kappa shape index (κ3) is 4.73. The van der Waals surface area contributed by atoms with Crippen LogP contribution in [0.4, 0.5) is 5.69 Å². The summed E-state index contributed by atoms with van der Waals surface area (Å²) in [6.45, 7) is 2.61. The monoisotopic (exact) mass is 342 g/mol. The van der Waals surface area contributed by atoms with Gasteiger partial charge in [-0.1, -0.05) is 6.92 Å². The molecule has 2 N–H and O–H groups in total. The number of carbonyl (C=O) groups is 2. The van der Waals surface area contributed by atoms with Gasteiger partial charge in [0, 0.05) is 23.7 Å². The van der Waals surface area contributed by atoms with Crippen molar-refractivity contribution < 1.29 is 19.1 Å². The summed E-state index contributed by atoms with van der Waals surface area (Å²) in [6, 6.07) is 11.6. The van der Waals surface area contributed by atoms with Gasteiger partial charge in [-0.05, 0) is 42.8 Å². The number of methoxy groups -OCH3 is 2. The Kier molecular flexibility index (Phi) is 6.39. The number of carbonyl (C=O) groups excluding carboxylic acids is 2. The van der Waals surface area contributed by atoms with Gasteiger partial charge in [0.15, 0.2) is 0 Å². The van der Waals surface area contributed by atoms with Crippen LogP contribution in [0, 0.1) is 0 Å². The fourth-order valence-corrected chi connectivity index (χ4v) is 2.22. The largest absolute Gasteiger partial charge is 0.497 e. The lowest BCUT2D eigenvalue weighted by Gasteiger charge is -2.12. The topological polar surface area (TPSA) is 76.7 Å². The molecule has 0 aliphatic carbocycles. The number of nitrogens with one attached hydrogen (secondary N) is 2. The predicted octanol–water partition coefficient (Wildman–Crippen LogP) is 3.10. The van der Waals surface area contributed by atoms with E-state index in [9.17, 15) is 9.59 Å². The molecule has 0 bridgehead atoms. The molecule has 2 rings (SSSR count). The van der Waals surface area contributed by atoms with Gasteiger partial charge in [-0.3, -0.25) is 9.59 Å². The maximum atomic E-state index is 12.4. The molecule has 2 amide bonds. The van der Waals surface area contributed by atoms with Crippen molar-refractivity contribution in [2.75, 3.05) is 26.1 Å². The minimum absolute atomic E-state index is 0.150. The van der Waals surface area contributed by atoms with Gasteiger partial charge in [-0.15, -0.1) is 0 Å². The first-order valence-corrected chi connectivity index (χ1v) is 8.00. The van der Waals surface area contributed by atoms with Crippen LogP contribution >= 0.6 is 0 Å². The fraction of sp³-hybridized carbons (Fsp3) is 0.263. The molecular formula is C19H22N2O4. The molecule has 0 saturated heterocycles. The smallest absolute Gasteiger partial charge is 0.255 e. The molecule has 25 heavy (non-hydrogen) atoms. The van der Waals surface area contributed by atoms with Gasteiger partial charge in [0.2, 0.25) is 0 Å². The summed E-state index contributed by atoms with van der Waals surface area (Å²) in [5, 5.41) is 5.59. The number of anilines is 1. The average Bonchev–Trinajstić information content (AvgIpc) is 2.66. The Morgan fingerprint density at radius 2 is 1.56 bits per heavy atom. The second-order valence-corrected chi connectivity index (χ2v) is 5.35. The highest BCUT2D eigenvalue weighted by molar-refractivity contribution is 6.05. The normalized spacial score (nSPS) is 10.0. The second kappa shape index (κ2) is 8.73. The van der Waals surface area contributed by atoms with Gasteiger partial charge in [0.25, 0.3) is 11.8 Å². The van der Waals surface area contributed by atoms with Crippen molar-refractivity contribution in [2.45, 2.75) is 13.3 Å². The van der Waals surface area contributed by atoms with Crippen LogP contribution in [-0.4, -0.2) is 32.6 Å². The Morgan fingerprint density at radius 3 is 2.12 bits per heavy atom. The number of ether oxygens (including phenoxy) is 2. The van der Waals surface area contributed by atoms with E-state index in [4.69, 9.17) is 9.47 Å². The number of rotatable bonds is 7. The molecule has 2 aromatic carbocycles. The Hall–Kier alpha value is -3.02. The van der Waals surface area contributed by atoms with Crippen LogP contribution in [0.2, 0.25) is 0 Å². The molecule has 0 spiro atoms. The molecule has 0 heterocycles. The molecule has 0 saturated carbocycles. The third-order valence-corrected chi connectivity index (χ3v) is 3.60. The number of benzene rings is 2. The van der Waals surface area contributed by atoms with E-state index >= 15 is 0 Å². The standard InChI is InChI=1S/C19H22N2O4/c1-4-11-20-18(22)13-5-7-14(8-6-13)19(23)21-16-12-15(24-2)9-10-17(16)25-3/h5-10,12H,4,11H2,1-3H3,(H,20,22)(H,21,23). The van der Waals surface area contributed by atoms with Gasteiger partial charge >= 0.3 is 0 Å². The van der Waals surface area contributed by atoms with Crippen molar-refractivity contribution in [1.29, 1.82) is 0 Å². The average molecular weight is 342 g/mol. The molecule has 132 valence electrons. The fourth-order valence-electron chi connectivity index (χ4n) is 2.22. The van der Waals surface area contributed by atoms with Gasteiger partial charge < -0.3 is 20.1 Å². The lowest BCUT2D eigenvalue weighted by molar-refractivity contribution is 0.0951. The lowest BCUT2D eigenvalue weighted by Crippen LogP contribution is -2.24. The number of amides is 2. The molecule has 0 fully saturated rings. The van der Waals surface area contributed by atoms with Crippen molar-refractivity contribution >= 4 is 17.5 Å². The maximum absolute atomic E-state index is 12.4. The van der Waals surface area contributed by atoms with E-state index in [1.807, 2.05) is 6.92 Å². The highest BCUT2D eigenvalue weighted by Crippen LogP contribution is 2.29. The van der Waals surface area contributed by atoms with Crippen molar-refractivity contribution in [2.24, 2.45) is 0 Å². The van der Waals surface area contributed by atoms with Gasteiger partial charge in [-0.25, -0.2) is 0 Å². The van der Waals surface area contributed by atoms with Crippen LogP contribution in [0.1, 0.15) is 34.1 Å². The molecule has 0 aliphatic rings. The third-order valence-electron chi connectivity index (χ3n) is 3.60. The second-order valence-electron chi connectivity index (χ2n) is 5.35. The van der Waals surface area contributed by atoms with Crippen LogP contribution in [0.5, 0.6) is 11.5 Å². The van der Waals surface area contributed by atoms with Crippen LogP contribution in [-0.2, 0) is 0 Å². The van der Waals surface area contributed by atoms with Crippen molar-refractivity contribution in [3.63, 3.8) is 0 Å². The Bertz CT molecular complexity index is 742. The zero-order valence-electron chi connectivity index (χ0n) is 14.6. The number of hydrogen-bond donors (Lipinski definition) is 2. The Balaban J connectivity index is 2.12. The van der Waals surface area contributed by atoms with E-state index in [2.05, 4.69) is 10.6 Å². The summed E-state index contributed by atoms with van der Waals surface area (Å²) in [7, 11) is 3.08. The minimum atomic E-state index is -0.299. The van der Waals surface area contributed by atoms with Gasteiger partial charge in [0.1, 0.15) is 11.5 Å². The Morgan fingerprint density at radius 1 is 0.920 bits per heavy atom. The van der Waals surface area contributed by atoms with E-state index in [0.29, 0.717) is 34.9 Å². The van der Waals surface area contributed by atoms with E-state index in [1.165, 1.54) is 7.11 Å². The quantitative estimate of drug-likeness (QED) is 0.811. The Labute approximate surface area is 147 Å². The molecule has 2 aromatic rings. The highest BCUT2D eigenvalue weighted by atomic mass is 16.5. The molecule has 0 unspecified atom stereocenters. The van der Waals surface area contributed by atoms with Crippen LogP contribution in [0.3, 0.4) is 0 Å². The predicted molar refractivity (Wildman–Crippen MR) is 96.6 cm³/mol. The first-order chi connectivity index (χ1) is 12.1. The van der Waals surface area contributed by atoms with Crippen LogP contribution in [0.15, 0.2) is 42.5 Å². The zero-order chi connectivity index (χ0) is 18.2. The summed E-state index contributed by atoms with van der Waals surface area (Å²) in [6.07, 6.45) is 0.870. The van der Waals surface area contributed by atoms with E-state index in [-0.39, 0.29) is 11.8 Å². The van der Waals surface area contributed by atoms with E-state index in [0.717, 1.165) is 6.42 Å². The van der Waals surface area contributed by atoms with Gasteiger partial charge in [0.05, 0.1) is 19.9 Å².